The number of ether oxygens (including phenoxy) is 1. The second kappa shape index (κ2) is 12.0. The van der Waals surface area contributed by atoms with E-state index in [1.165, 1.54) is 0 Å². The molecule has 0 amide bonds. The molecule has 0 unspecified atom stereocenters. The lowest BCUT2D eigenvalue weighted by Gasteiger charge is -2.01. The monoisotopic (exact) mass is 209 g/mol. The van der Waals surface area contributed by atoms with Crippen LogP contribution in [0.5, 0.6) is 0 Å². The van der Waals surface area contributed by atoms with E-state index in [1.807, 2.05) is 5.48 Å². The number of nitrogens with two attached hydrogens (primary N) is 2. The van der Waals surface area contributed by atoms with Gasteiger partial charge in [0.1, 0.15) is 6.61 Å². The Hall–Kier alpha value is -0.950. The lowest BCUT2D eigenvalue weighted by atomic mass is 10.4. The topological polar surface area (TPSA) is 111 Å². The van der Waals surface area contributed by atoms with E-state index in [2.05, 4.69) is 11.3 Å². The third kappa shape index (κ3) is 13.6. The molecule has 0 aliphatic carbocycles. The molecule has 0 fully saturated rings. The maximum atomic E-state index is 10.6. The highest BCUT2D eigenvalue weighted by molar-refractivity contribution is 5.86. The number of rotatable bonds is 5. The van der Waals surface area contributed by atoms with Gasteiger partial charge in [0.15, 0.2) is 0 Å². The average Bonchev–Trinajstić information content (AvgIpc) is 2.18. The minimum Gasteiger partial charge on any atom is -0.461 e. The van der Waals surface area contributed by atoms with E-state index in [1.54, 1.807) is 6.92 Å². The highest BCUT2D eigenvalue weighted by Crippen LogP contribution is 1.89. The summed E-state index contributed by atoms with van der Waals surface area (Å²) in [7, 11) is 0. The Morgan fingerprint density at radius 1 is 1.57 bits per heavy atom. The van der Waals surface area contributed by atoms with Crippen LogP contribution in [0.4, 0.5) is 0 Å². The van der Waals surface area contributed by atoms with Gasteiger partial charge in [-0.15, -0.1) is 0 Å². The van der Waals surface area contributed by atoms with Crippen molar-refractivity contribution >= 4 is 5.97 Å². The summed E-state index contributed by atoms with van der Waals surface area (Å²) in [5, 5.41) is 8.05. The molecule has 0 bridgehead atoms. The number of hydrogen-bond acceptors (Lipinski definition) is 6. The molecule has 0 aromatic rings. The van der Waals surface area contributed by atoms with E-state index in [9.17, 15) is 4.79 Å². The number of carbonyl (C=O) groups excluding carboxylic acids is 1. The molecule has 0 rings (SSSR count). The van der Waals surface area contributed by atoms with Crippen molar-refractivity contribution in [1.29, 1.82) is 0 Å². The molecule has 6 nitrogen and oxygen atoms in total. The van der Waals surface area contributed by atoms with Gasteiger partial charge in [-0.05, 0) is 6.92 Å². The summed E-state index contributed by atoms with van der Waals surface area (Å²) in [4.78, 5) is 10.6. The van der Waals surface area contributed by atoms with E-state index in [0.717, 1.165) is 0 Å². The second-order valence-electron chi connectivity index (χ2n) is 2.40. The standard InChI is InChI=1S/C6H11NO3.C2H8N2.2H2/c1-5(2)6(8)10-4-3-7-9;3-1-2-4;;/h7,9H,1,3-4H2,2H3;1-4H2;2*1H. The maximum Gasteiger partial charge on any atom is 0.333 e. The Morgan fingerprint density at radius 2 is 2.07 bits per heavy atom. The van der Waals surface area contributed by atoms with E-state index >= 15 is 0 Å². The number of esters is 1. The molecule has 0 radical (unpaired) electrons. The first kappa shape index (κ1) is 15.5. The predicted molar refractivity (Wildman–Crippen MR) is 57.9 cm³/mol. The van der Waals surface area contributed by atoms with Gasteiger partial charge in [0.05, 0.1) is 6.54 Å². The molecule has 6 heteroatoms. The first-order valence-electron chi connectivity index (χ1n) is 4.19. The van der Waals surface area contributed by atoms with Crippen molar-refractivity contribution in [3.63, 3.8) is 0 Å². The van der Waals surface area contributed by atoms with Gasteiger partial charge in [-0.1, -0.05) is 6.58 Å². The fraction of sp³-hybridized carbons (Fsp3) is 0.625. The number of carbonyl (C=O) groups is 1. The molecule has 0 spiro atoms. The Labute approximate surface area is 86.8 Å². The minimum atomic E-state index is -0.435. The van der Waals surface area contributed by atoms with Gasteiger partial charge in [-0.3, -0.25) is 0 Å². The van der Waals surface area contributed by atoms with Gasteiger partial charge in [-0.2, -0.15) is 0 Å². The number of hydrogen-bond donors (Lipinski definition) is 4. The van der Waals surface area contributed by atoms with Crippen LogP contribution in [0.2, 0.25) is 0 Å². The molecule has 0 aromatic heterocycles. The van der Waals surface area contributed by atoms with Gasteiger partial charge in [-0.25, -0.2) is 10.3 Å². The van der Waals surface area contributed by atoms with Crippen LogP contribution in [0.15, 0.2) is 12.2 Å². The zero-order chi connectivity index (χ0) is 11.4. The molecule has 6 N–H and O–H groups in total. The summed E-state index contributed by atoms with van der Waals surface area (Å²) in [5.74, 6) is -0.435. The van der Waals surface area contributed by atoms with Gasteiger partial charge in [0.2, 0.25) is 0 Å². The van der Waals surface area contributed by atoms with Crippen LogP contribution in [-0.2, 0) is 9.53 Å². The van der Waals surface area contributed by atoms with Crippen molar-refractivity contribution in [2.24, 2.45) is 11.5 Å². The molecule has 0 heterocycles. The first-order chi connectivity index (χ1) is 6.59. The molecule has 0 aromatic carbocycles. The van der Waals surface area contributed by atoms with Gasteiger partial charge < -0.3 is 21.4 Å². The Kier molecular flexibility index (Phi) is 13.4. The molecule has 0 saturated carbocycles. The summed E-state index contributed by atoms with van der Waals surface area (Å²) in [6.45, 7) is 6.53. The van der Waals surface area contributed by atoms with Crippen LogP contribution in [0.3, 0.4) is 0 Å². The van der Waals surface area contributed by atoms with Crippen LogP contribution in [0.25, 0.3) is 0 Å². The lowest BCUT2D eigenvalue weighted by molar-refractivity contribution is -0.139. The summed E-state index contributed by atoms with van der Waals surface area (Å²) in [6.07, 6.45) is 0. The quantitative estimate of drug-likeness (QED) is 0.210. The summed E-state index contributed by atoms with van der Waals surface area (Å²) in [6, 6.07) is 0. The van der Waals surface area contributed by atoms with Crippen LogP contribution in [0, 0.1) is 0 Å². The van der Waals surface area contributed by atoms with Crippen molar-refractivity contribution in [2.45, 2.75) is 6.92 Å². The lowest BCUT2D eigenvalue weighted by Crippen LogP contribution is -2.17. The van der Waals surface area contributed by atoms with E-state index in [-0.39, 0.29) is 16.0 Å². The maximum absolute atomic E-state index is 10.6. The first-order valence-corrected chi connectivity index (χ1v) is 4.19. The molecule has 0 aliphatic heterocycles. The largest absolute Gasteiger partial charge is 0.461 e. The smallest absolute Gasteiger partial charge is 0.333 e. The average molecular weight is 209 g/mol. The molecule has 0 saturated heterocycles. The molecular weight excluding hydrogens is 186 g/mol. The fourth-order valence-electron chi connectivity index (χ4n) is 0.313. The van der Waals surface area contributed by atoms with Gasteiger partial charge in [0.25, 0.3) is 0 Å². The van der Waals surface area contributed by atoms with Crippen LogP contribution in [0.1, 0.15) is 9.78 Å². The SMILES string of the molecule is C=C(C)C(=O)OCCNO.NCCN.[HH].[HH]. The van der Waals surface area contributed by atoms with Crippen molar-refractivity contribution < 1.29 is 17.6 Å². The Bertz CT molecular complexity index is 169. The number of hydroxylamine groups is 1. The molecular formula is C8H23N3O3. The summed E-state index contributed by atoms with van der Waals surface area (Å²) in [5.41, 5.74) is 12.0. The number of nitrogens with one attached hydrogen (secondary N) is 1. The summed E-state index contributed by atoms with van der Waals surface area (Å²) >= 11 is 0. The van der Waals surface area contributed by atoms with Crippen molar-refractivity contribution in [3.05, 3.63) is 12.2 Å². The zero-order valence-electron chi connectivity index (χ0n) is 8.45. The summed E-state index contributed by atoms with van der Waals surface area (Å²) < 4.78 is 4.58. The third-order valence-corrected chi connectivity index (χ3v) is 0.962. The molecule has 0 atom stereocenters. The fourth-order valence-corrected chi connectivity index (χ4v) is 0.313. The van der Waals surface area contributed by atoms with Crippen molar-refractivity contribution in [1.82, 2.24) is 5.48 Å². The second-order valence-corrected chi connectivity index (χ2v) is 2.40. The highest BCUT2D eigenvalue weighted by atomic mass is 16.5. The molecule has 88 valence electrons. The highest BCUT2D eigenvalue weighted by Gasteiger charge is 2.00. The Balaban J connectivity index is -0.000000105. The molecule has 14 heavy (non-hydrogen) atoms. The van der Waals surface area contributed by atoms with E-state index in [0.29, 0.717) is 18.7 Å². The van der Waals surface area contributed by atoms with Crippen LogP contribution < -0.4 is 16.9 Å². The van der Waals surface area contributed by atoms with Crippen LogP contribution >= 0.6 is 0 Å². The van der Waals surface area contributed by atoms with Crippen LogP contribution in [-0.4, -0.2) is 37.4 Å². The van der Waals surface area contributed by atoms with Gasteiger partial charge >= 0.3 is 5.97 Å². The normalized spacial score (nSPS) is 8.57. The Morgan fingerprint density at radius 3 is 2.36 bits per heavy atom. The van der Waals surface area contributed by atoms with E-state index < -0.39 is 5.97 Å². The zero-order valence-corrected chi connectivity index (χ0v) is 8.45. The minimum absolute atomic E-state index is 0. The van der Waals surface area contributed by atoms with Crippen molar-refractivity contribution in [2.75, 3.05) is 26.2 Å². The van der Waals surface area contributed by atoms with Crippen molar-refractivity contribution in [3.8, 4) is 0 Å². The molecule has 0 aliphatic rings. The van der Waals surface area contributed by atoms with E-state index in [4.69, 9.17) is 16.7 Å². The van der Waals surface area contributed by atoms with Gasteiger partial charge in [0, 0.05) is 21.5 Å². The predicted octanol–water partition coefficient (Wildman–Crippen LogP) is -0.520. The third-order valence-electron chi connectivity index (χ3n) is 0.962.